The summed E-state index contributed by atoms with van der Waals surface area (Å²) in [6.45, 7) is 3.48. The molecule has 3 heteroatoms. The van der Waals surface area contributed by atoms with Gasteiger partial charge in [-0.2, -0.15) is 0 Å². The number of alkyl halides is 1. The molecule has 1 heterocycles. The number of likely N-dealkylation sites (tertiary alicyclic amines) is 1. The number of halogens is 1. The molecule has 1 saturated heterocycles. The Labute approximate surface area is 155 Å². The normalized spacial score (nSPS) is 22.2. The van der Waals surface area contributed by atoms with Crippen molar-refractivity contribution in [2.45, 2.75) is 57.0 Å². The average Bonchev–Trinajstić information content (AvgIpc) is 3.16. The highest BCUT2D eigenvalue weighted by Gasteiger charge is 2.38. The molecule has 130 valence electrons. The standard InChI is InChI=1S/C19H29NO.CH3I/c21-19(17-9-3-1-4-10-17,18-11-5-2-6-12-18)13-16-20-14-7-8-15-20;1-2/h1,3-4,9-10,18,21H,2,5-8,11-16H2;1H3. The maximum atomic E-state index is 11.5. The van der Waals surface area contributed by atoms with Gasteiger partial charge in [-0.15, -0.1) is 0 Å². The third-order valence-corrected chi connectivity index (χ3v) is 5.56. The van der Waals surface area contributed by atoms with Crippen LogP contribution in [0.5, 0.6) is 0 Å². The molecule has 1 aliphatic heterocycles. The van der Waals surface area contributed by atoms with Gasteiger partial charge in [0.1, 0.15) is 0 Å². The molecule has 2 nitrogen and oxygen atoms in total. The molecule has 0 amide bonds. The van der Waals surface area contributed by atoms with Crippen LogP contribution in [0.25, 0.3) is 0 Å². The molecule has 1 atom stereocenters. The molecule has 0 spiro atoms. The SMILES string of the molecule is CI.OC(CCN1CCCC1)(c1ccccc1)C1CCCCC1. The maximum Gasteiger partial charge on any atom is 0.0936 e. The lowest BCUT2D eigenvalue weighted by molar-refractivity contribution is -0.0510. The molecule has 1 aliphatic carbocycles. The van der Waals surface area contributed by atoms with Gasteiger partial charge in [0.25, 0.3) is 0 Å². The fraction of sp³-hybridized carbons (Fsp3) is 0.700. The van der Waals surface area contributed by atoms with Crippen molar-refractivity contribution in [1.82, 2.24) is 4.90 Å². The largest absolute Gasteiger partial charge is 0.385 e. The summed E-state index contributed by atoms with van der Waals surface area (Å²) in [4.78, 5) is 4.49. The molecule has 3 rings (SSSR count). The fourth-order valence-electron chi connectivity index (χ4n) is 4.23. The van der Waals surface area contributed by atoms with Gasteiger partial charge in [0, 0.05) is 6.54 Å². The number of hydrogen-bond acceptors (Lipinski definition) is 2. The summed E-state index contributed by atoms with van der Waals surface area (Å²) >= 11 is 2.15. The van der Waals surface area contributed by atoms with Crippen LogP contribution in [-0.4, -0.2) is 34.6 Å². The first kappa shape index (κ1) is 19.2. The molecular weight excluding hydrogens is 397 g/mol. The van der Waals surface area contributed by atoms with Crippen LogP contribution in [0.2, 0.25) is 0 Å². The molecule has 2 fully saturated rings. The Bertz CT molecular complexity index is 427. The van der Waals surface area contributed by atoms with Crippen molar-refractivity contribution in [3.8, 4) is 0 Å². The first-order valence-electron chi connectivity index (χ1n) is 9.17. The molecule has 1 saturated carbocycles. The van der Waals surface area contributed by atoms with E-state index in [4.69, 9.17) is 0 Å². The second-order valence-corrected chi connectivity index (χ2v) is 6.92. The third kappa shape index (κ3) is 5.17. The summed E-state index contributed by atoms with van der Waals surface area (Å²) in [5, 5.41) is 11.5. The van der Waals surface area contributed by atoms with E-state index >= 15 is 0 Å². The van der Waals surface area contributed by atoms with Crippen LogP contribution in [-0.2, 0) is 5.60 Å². The van der Waals surface area contributed by atoms with E-state index in [0.29, 0.717) is 5.92 Å². The Balaban J connectivity index is 0.000000924. The van der Waals surface area contributed by atoms with Crippen LogP contribution in [0.1, 0.15) is 56.9 Å². The summed E-state index contributed by atoms with van der Waals surface area (Å²) in [7, 11) is 0. The number of benzene rings is 1. The quantitative estimate of drug-likeness (QED) is 0.527. The first-order valence-corrected chi connectivity index (χ1v) is 11.3. The zero-order chi connectivity index (χ0) is 16.5. The molecule has 1 N–H and O–H groups in total. The fourth-order valence-corrected chi connectivity index (χ4v) is 4.23. The smallest absolute Gasteiger partial charge is 0.0936 e. The third-order valence-electron chi connectivity index (χ3n) is 5.56. The molecule has 1 aromatic rings. The molecule has 0 bridgehead atoms. The Morgan fingerprint density at radius 1 is 1.00 bits per heavy atom. The average molecular weight is 429 g/mol. The van der Waals surface area contributed by atoms with E-state index in [9.17, 15) is 5.11 Å². The van der Waals surface area contributed by atoms with Crippen LogP contribution in [0.3, 0.4) is 0 Å². The minimum absolute atomic E-state index is 0.441. The van der Waals surface area contributed by atoms with E-state index in [2.05, 4.69) is 51.8 Å². The lowest BCUT2D eigenvalue weighted by Gasteiger charge is -2.40. The number of nitrogens with zero attached hydrogens (tertiary/aromatic N) is 1. The van der Waals surface area contributed by atoms with Crippen molar-refractivity contribution in [3.05, 3.63) is 35.9 Å². The highest BCUT2D eigenvalue weighted by Crippen LogP contribution is 2.41. The summed E-state index contributed by atoms with van der Waals surface area (Å²) in [6.07, 6.45) is 9.82. The monoisotopic (exact) mass is 429 g/mol. The minimum Gasteiger partial charge on any atom is -0.385 e. The Hall–Kier alpha value is -0.130. The van der Waals surface area contributed by atoms with E-state index in [0.717, 1.165) is 18.5 Å². The Kier molecular flexibility index (Phi) is 8.34. The second-order valence-electron chi connectivity index (χ2n) is 6.92. The Morgan fingerprint density at radius 2 is 1.61 bits per heavy atom. The predicted octanol–water partition coefficient (Wildman–Crippen LogP) is 4.99. The maximum absolute atomic E-state index is 11.5. The molecule has 0 radical (unpaired) electrons. The zero-order valence-electron chi connectivity index (χ0n) is 14.5. The summed E-state index contributed by atoms with van der Waals surface area (Å²) in [5.74, 6) is 0.441. The van der Waals surface area contributed by atoms with E-state index in [1.165, 1.54) is 58.0 Å². The van der Waals surface area contributed by atoms with Crippen LogP contribution in [0, 0.1) is 5.92 Å². The van der Waals surface area contributed by atoms with Crippen LogP contribution in [0.4, 0.5) is 0 Å². The van der Waals surface area contributed by atoms with E-state index in [-0.39, 0.29) is 0 Å². The zero-order valence-corrected chi connectivity index (χ0v) is 16.7. The first-order chi connectivity index (χ1) is 11.3. The van der Waals surface area contributed by atoms with Crippen molar-refractivity contribution in [1.29, 1.82) is 0 Å². The van der Waals surface area contributed by atoms with Crippen LogP contribution < -0.4 is 0 Å². The molecule has 1 unspecified atom stereocenters. The minimum atomic E-state index is -0.621. The van der Waals surface area contributed by atoms with Gasteiger partial charge in [-0.1, -0.05) is 72.2 Å². The highest BCUT2D eigenvalue weighted by atomic mass is 127. The molecule has 2 aliphatic rings. The van der Waals surface area contributed by atoms with Gasteiger partial charge < -0.3 is 10.0 Å². The van der Waals surface area contributed by atoms with Gasteiger partial charge in [-0.3, -0.25) is 0 Å². The number of rotatable bonds is 5. The number of hydrogen-bond donors (Lipinski definition) is 1. The molecule has 1 aromatic carbocycles. The van der Waals surface area contributed by atoms with Crippen LogP contribution in [0.15, 0.2) is 30.3 Å². The van der Waals surface area contributed by atoms with Crippen molar-refractivity contribution >= 4 is 22.6 Å². The van der Waals surface area contributed by atoms with Gasteiger partial charge in [0.2, 0.25) is 0 Å². The topological polar surface area (TPSA) is 23.5 Å². The van der Waals surface area contributed by atoms with Gasteiger partial charge in [0.05, 0.1) is 5.60 Å². The summed E-state index contributed by atoms with van der Waals surface area (Å²) < 4.78 is 0. The Morgan fingerprint density at radius 3 is 2.22 bits per heavy atom. The molecule has 0 aromatic heterocycles. The van der Waals surface area contributed by atoms with Crippen molar-refractivity contribution < 1.29 is 5.11 Å². The molecule has 23 heavy (non-hydrogen) atoms. The summed E-state index contributed by atoms with van der Waals surface area (Å²) in [6, 6.07) is 10.4. The lowest BCUT2D eigenvalue weighted by atomic mass is 9.71. The van der Waals surface area contributed by atoms with Crippen molar-refractivity contribution in [2.24, 2.45) is 5.92 Å². The summed E-state index contributed by atoms with van der Waals surface area (Å²) in [5.41, 5.74) is 0.515. The molecular formula is C20H32INO. The van der Waals surface area contributed by atoms with E-state index in [1.807, 2.05) is 11.0 Å². The predicted molar refractivity (Wildman–Crippen MR) is 107 cm³/mol. The van der Waals surface area contributed by atoms with Crippen LogP contribution >= 0.6 is 22.6 Å². The lowest BCUT2D eigenvalue weighted by Crippen LogP contribution is -2.39. The van der Waals surface area contributed by atoms with Gasteiger partial charge in [0.15, 0.2) is 0 Å². The number of aliphatic hydroxyl groups is 1. The van der Waals surface area contributed by atoms with Gasteiger partial charge in [-0.25, -0.2) is 0 Å². The van der Waals surface area contributed by atoms with Crippen molar-refractivity contribution in [2.75, 3.05) is 24.6 Å². The van der Waals surface area contributed by atoms with E-state index in [1.54, 1.807) is 0 Å². The van der Waals surface area contributed by atoms with Crippen molar-refractivity contribution in [3.63, 3.8) is 0 Å². The second kappa shape index (κ2) is 10.00. The van der Waals surface area contributed by atoms with Gasteiger partial charge in [-0.05, 0) is 61.6 Å². The van der Waals surface area contributed by atoms with E-state index < -0.39 is 5.60 Å². The van der Waals surface area contributed by atoms with Gasteiger partial charge >= 0.3 is 0 Å². The highest BCUT2D eigenvalue weighted by molar-refractivity contribution is 14.1.